The Morgan fingerprint density at radius 3 is 3.00 bits per heavy atom. The lowest BCUT2D eigenvalue weighted by Crippen LogP contribution is -2.37. The van der Waals surface area contributed by atoms with Gasteiger partial charge in [-0.05, 0) is 23.6 Å². The van der Waals surface area contributed by atoms with Crippen LogP contribution >= 0.6 is 0 Å². The second-order valence-electron chi connectivity index (χ2n) is 4.81. The van der Waals surface area contributed by atoms with Gasteiger partial charge in [0.25, 0.3) is 0 Å². The van der Waals surface area contributed by atoms with Crippen molar-refractivity contribution in [3.63, 3.8) is 0 Å². The smallest absolute Gasteiger partial charge is 0.0442 e. The van der Waals surface area contributed by atoms with Gasteiger partial charge < -0.3 is 0 Å². The third kappa shape index (κ3) is 1.06. The lowest BCUT2D eigenvalue weighted by atomic mass is 9.64. The van der Waals surface area contributed by atoms with Crippen molar-refractivity contribution in [3.8, 4) is 0 Å². The van der Waals surface area contributed by atoms with Crippen LogP contribution in [0.2, 0.25) is 0 Å². The number of rotatable bonds is 0. The standard InChI is InChI=1S/C14H15N/c1-10-13-9-11-5-3-4-6-12(11)14(10,2)7-8-15-13/h3-6,8-10H,7H2,1-2H3. The molecule has 76 valence electrons. The third-order valence-electron chi connectivity index (χ3n) is 4.03. The van der Waals surface area contributed by atoms with Gasteiger partial charge in [0.2, 0.25) is 0 Å². The molecule has 1 aliphatic heterocycles. The Morgan fingerprint density at radius 1 is 1.33 bits per heavy atom. The Labute approximate surface area is 90.5 Å². The van der Waals surface area contributed by atoms with E-state index in [0.29, 0.717) is 5.92 Å². The first-order valence-electron chi connectivity index (χ1n) is 5.55. The van der Waals surface area contributed by atoms with Gasteiger partial charge in [-0.25, -0.2) is 0 Å². The Morgan fingerprint density at radius 2 is 2.13 bits per heavy atom. The fraction of sp³-hybridized carbons (Fsp3) is 0.357. The third-order valence-corrected chi connectivity index (χ3v) is 4.03. The topological polar surface area (TPSA) is 12.4 Å². The number of hydrogen-bond acceptors (Lipinski definition) is 1. The fourth-order valence-electron chi connectivity index (χ4n) is 2.76. The summed E-state index contributed by atoms with van der Waals surface area (Å²) in [6, 6.07) is 8.70. The van der Waals surface area contributed by atoms with Crippen molar-refractivity contribution < 1.29 is 0 Å². The molecule has 1 aromatic rings. The van der Waals surface area contributed by atoms with Crippen molar-refractivity contribution in [3.05, 3.63) is 41.1 Å². The number of aliphatic imine (C=N–C) groups is 1. The van der Waals surface area contributed by atoms with E-state index in [1.165, 1.54) is 16.8 Å². The molecule has 1 heteroatoms. The van der Waals surface area contributed by atoms with Gasteiger partial charge in [-0.15, -0.1) is 0 Å². The Bertz CT molecular complexity index is 470. The molecule has 15 heavy (non-hydrogen) atoms. The predicted octanol–water partition coefficient (Wildman–Crippen LogP) is 3.41. The molecule has 0 N–H and O–H groups in total. The average molecular weight is 197 g/mol. The van der Waals surface area contributed by atoms with Crippen molar-refractivity contribution >= 4 is 12.3 Å². The zero-order valence-corrected chi connectivity index (χ0v) is 9.20. The summed E-state index contributed by atoms with van der Waals surface area (Å²) in [6.07, 6.45) is 5.36. The summed E-state index contributed by atoms with van der Waals surface area (Å²) >= 11 is 0. The van der Waals surface area contributed by atoms with E-state index >= 15 is 0 Å². The second-order valence-corrected chi connectivity index (χ2v) is 4.81. The summed E-state index contributed by atoms with van der Waals surface area (Å²) in [5, 5.41) is 0. The van der Waals surface area contributed by atoms with Crippen molar-refractivity contribution in [2.75, 3.05) is 0 Å². The van der Waals surface area contributed by atoms with Crippen LogP contribution in [0.4, 0.5) is 0 Å². The molecule has 1 heterocycles. The molecule has 0 amide bonds. The number of fused-ring (bicyclic) bond motifs is 4. The summed E-state index contributed by atoms with van der Waals surface area (Å²) in [5.41, 5.74) is 4.32. The molecule has 0 spiro atoms. The molecule has 3 rings (SSSR count). The summed E-state index contributed by atoms with van der Waals surface area (Å²) in [6.45, 7) is 4.65. The first-order chi connectivity index (χ1) is 7.22. The van der Waals surface area contributed by atoms with Crippen LogP contribution in [0, 0.1) is 5.92 Å². The Balaban J connectivity index is 2.32. The summed E-state index contributed by atoms with van der Waals surface area (Å²) in [7, 11) is 0. The molecule has 2 aliphatic rings. The number of nitrogens with zero attached hydrogens (tertiary/aromatic N) is 1. The monoisotopic (exact) mass is 197 g/mol. The molecule has 2 bridgehead atoms. The van der Waals surface area contributed by atoms with Crippen LogP contribution in [0.15, 0.2) is 35.0 Å². The van der Waals surface area contributed by atoms with Crippen LogP contribution < -0.4 is 0 Å². The average Bonchev–Trinajstić information content (AvgIpc) is 2.23. The van der Waals surface area contributed by atoms with Gasteiger partial charge in [0, 0.05) is 23.2 Å². The van der Waals surface area contributed by atoms with Crippen molar-refractivity contribution in [2.24, 2.45) is 10.9 Å². The van der Waals surface area contributed by atoms with Gasteiger partial charge in [-0.1, -0.05) is 38.1 Å². The predicted molar refractivity (Wildman–Crippen MR) is 64.0 cm³/mol. The highest BCUT2D eigenvalue weighted by Crippen LogP contribution is 2.47. The quantitative estimate of drug-likeness (QED) is 0.604. The molecule has 1 aromatic carbocycles. The highest BCUT2D eigenvalue weighted by Gasteiger charge is 2.40. The van der Waals surface area contributed by atoms with Crippen molar-refractivity contribution in [1.82, 2.24) is 0 Å². The normalized spacial score (nSPS) is 32.1. The molecular formula is C14H15N. The van der Waals surface area contributed by atoms with E-state index in [1.54, 1.807) is 0 Å². The largest absolute Gasteiger partial charge is 0.265 e. The van der Waals surface area contributed by atoms with E-state index in [4.69, 9.17) is 0 Å². The number of benzene rings is 1. The Kier molecular flexibility index (Phi) is 1.67. The molecule has 2 unspecified atom stereocenters. The van der Waals surface area contributed by atoms with Gasteiger partial charge in [0.15, 0.2) is 0 Å². The van der Waals surface area contributed by atoms with E-state index in [0.717, 1.165) is 6.42 Å². The number of hydrogen-bond donors (Lipinski definition) is 0. The first kappa shape index (κ1) is 8.90. The Hall–Kier alpha value is -1.37. The van der Waals surface area contributed by atoms with E-state index in [1.807, 2.05) is 0 Å². The van der Waals surface area contributed by atoms with Crippen molar-refractivity contribution in [2.45, 2.75) is 25.7 Å². The van der Waals surface area contributed by atoms with Crippen LogP contribution in [-0.2, 0) is 5.41 Å². The molecule has 0 saturated heterocycles. The minimum Gasteiger partial charge on any atom is -0.265 e. The zero-order valence-electron chi connectivity index (χ0n) is 9.20. The molecule has 2 atom stereocenters. The summed E-state index contributed by atoms with van der Waals surface area (Å²) in [4.78, 5) is 4.51. The van der Waals surface area contributed by atoms with Crippen LogP contribution in [0.1, 0.15) is 31.4 Å². The van der Waals surface area contributed by atoms with Gasteiger partial charge in [0.05, 0.1) is 0 Å². The van der Waals surface area contributed by atoms with Gasteiger partial charge >= 0.3 is 0 Å². The van der Waals surface area contributed by atoms with E-state index in [2.05, 4.69) is 55.4 Å². The van der Waals surface area contributed by atoms with Gasteiger partial charge in [0.1, 0.15) is 0 Å². The van der Waals surface area contributed by atoms with E-state index in [-0.39, 0.29) is 5.41 Å². The highest BCUT2D eigenvalue weighted by molar-refractivity contribution is 5.73. The van der Waals surface area contributed by atoms with Crippen molar-refractivity contribution in [1.29, 1.82) is 0 Å². The van der Waals surface area contributed by atoms with Crippen LogP contribution in [0.5, 0.6) is 0 Å². The maximum absolute atomic E-state index is 4.51. The molecule has 0 saturated carbocycles. The van der Waals surface area contributed by atoms with Gasteiger partial charge in [-0.2, -0.15) is 0 Å². The van der Waals surface area contributed by atoms with Crippen LogP contribution in [0.3, 0.4) is 0 Å². The van der Waals surface area contributed by atoms with Crippen LogP contribution in [-0.4, -0.2) is 6.21 Å². The zero-order chi connectivity index (χ0) is 10.5. The number of allylic oxidation sites excluding steroid dienone is 1. The van der Waals surface area contributed by atoms with E-state index in [9.17, 15) is 0 Å². The lowest BCUT2D eigenvalue weighted by Gasteiger charge is -2.42. The second kappa shape index (κ2) is 2.82. The summed E-state index contributed by atoms with van der Waals surface area (Å²) < 4.78 is 0. The summed E-state index contributed by atoms with van der Waals surface area (Å²) in [5.74, 6) is 0.539. The lowest BCUT2D eigenvalue weighted by molar-refractivity contribution is 0.354. The molecular weight excluding hydrogens is 182 g/mol. The molecule has 1 aliphatic carbocycles. The maximum Gasteiger partial charge on any atom is 0.0442 e. The molecule has 0 aromatic heterocycles. The minimum atomic E-state index is 0.252. The molecule has 0 radical (unpaired) electrons. The fourth-order valence-corrected chi connectivity index (χ4v) is 2.76. The molecule has 0 fully saturated rings. The molecule has 1 nitrogen and oxygen atoms in total. The minimum absolute atomic E-state index is 0.252. The SMILES string of the molecule is CC1C2=Cc3ccccc3C1(C)CC=N2. The van der Waals surface area contributed by atoms with Gasteiger partial charge in [-0.3, -0.25) is 4.99 Å². The highest BCUT2D eigenvalue weighted by atomic mass is 14.8. The first-order valence-corrected chi connectivity index (χ1v) is 5.55. The maximum atomic E-state index is 4.51. The van der Waals surface area contributed by atoms with Crippen LogP contribution in [0.25, 0.3) is 6.08 Å². The van der Waals surface area contributed by atoms with E-state index < -0.39 is 0 Å².